The molecule has 2 radical (unpaired) electrons. The van der Waals surface area contributed by atoms with E-state index in [4.69, 9.17) is 0 Å². The van der Waals surface area contributed by atoms with Gasteiger partial charge in [0.2, 0.25) is 0 Å². The average Bonchev–Trinajstić information content (AvgIpc) is 2.36. The van der Waals surface area contributed by atoms with Crippen LogP contribution in [0.2, 0.25) is 0 Å². The monoisotopic (exact) mass is 538 g/mol. The smallest absolute Gasteiger partial charge is 0.135 e. The maximum absolute atomic E-state index is 4.24. The van der Waals surface area contributed by atoms with Crippen molar-refractivity contribution in [2.24, 2.45) is 4.76 Å². The third kappa shape index (κ3) is 6.45. The Hall–Kier alpha value is 1.07. The van der Waals surface area contributed by atoms with Crippen LogP contribution in [0.5, 0.6) is 0 Å². The van der Waals surface area contributed by atoms with Crippen LogP contribution >= 0.6 is 9.39 Å². The molecule has 2 nitrogen and oxygen atoms in total. The van der Waals surface area contributed by atoms with Gasteiger partial charge in [0.1, 0.15) is 5.84 Å². The molecule has 5 heteroatoms. The zero-order valence-electron chi connectivity index (χ0n) is 11.8. The Bertz CT molecular complexity index is 551. The fraction of sp³-hybridized carbons (Fsp3) is 0.133. The molecule has 0 saturated carbocycles. The molecule has 0 fully saturated rings. The van der Waals surface area contributed by atoms with Crippen molar-refractivity contribution in [1.82, 2.24) is 0 Å². The standard InChI is InChI=1S/C15H17N2P.2Pr/c1-11-8-12(2)10-14(9-11)16-15(17-18)13-6-4-3-5-7-13;;/h3-10H,18H2,1-2H3,(H,16,17);;. The van der Waals surface area contributed by atoms with E-state index < -0.39 is 0 Å². The number of amidine groups is 1. The molecule has 2 aromatic rings. The molecule has 1 unspecified atom stereocenters. The van der Waals surface area contributed by atoms with Crippen molar-refractivity contribution < 1.29 is 82.6 Å². The molecule has 0 saturated heterocycles. The van der Waals surface area contributed by atoms with E-state index in [0.29, 0.717) is 0 Å². The van der Waals surface area contributed by atoms with Gasteiger partial charge in [-0.15, -0.1) is 0 Å². The number of anilines is 1. The van der Waals surface area contributed by atoms with Crippen LogP contribution in [0.15, 0.2) is 53.3 Å². The van der Waals surface area contributed by atoms with Crippen LogP contribution in [-0.4, -0.2) is 5.84 Å². The minimum absolute atomic E-state index is 0. The van der Waals surface area contributed by atoms with E-state index in [1.807, 2.05) is 30.3 Å². The summed E-state index contributed by atoms with van der Waals surface area (Å²) in [7, 11) is 2.41. The Balaban J connectivity index is 0.00000180. The molecule has 0 aromatic heterocycles. The Morgan fingerprint density at radius 1 is 0.950 bits per heavy atom. The number of nitrogens with zero attached hydrogens (tertiary/aromatic N) is 1. The zero-order valence-corrected chi connectivity index (χ0v) is 20.4. The van der Waals surface area contributed by atoms with Crippen molar-refractivity contribution in [1.29, 1.82) is 0 Å². The van der Waals surface area contributed by atoms with Gasteiger partial charge < -0.3 is 5.32 Å². The molecule has 2 rings (SSSR count). The van der Waals surface area contributed by atoms with Gasteiger partial charge in [0.25, 0.3) is 0 Å². The summed E-state index contributed by atoms with van der Waals surface area (Å²) in [5, 5.41) is 3.36. The number of aryl methyl sites for hydroxylation is 2. The van der Waals surface area contributed by atoms with Crippen molar-refractivity contribution in [2.45, 2.75) is 13.8 Å². The molecule has 0 heterocycles. The second kappa shape index (κ2) is 10.7. The van der Waals surface area contributed by atoms with E-state index in [-0.39, 0.29) is 82.6 Å². The van der Waals surface area contributed by atoms with Gasteiger partial charge in [-0.1, -0.05) is 36.4 Å². The van der Waals surface area contributed by atoms with Gasteiger partial charge in [-0.25, -0.2) is 0 Å². The molecular weight excluding hydrogens is 521 g/mol. The summed E-state index contributed by atoms with van der Waals surface area (Å²) < 4.78 is 4.24. The number of hydrogen-bond donors (Lipinski definition) is 1. The minimum Gasteiger partial charge on any atom is -0.340 e. The number of rotatable bonds is 2. The van der Waals surface area contributed by atoms with Crippen LogP contribution < -0.4 is 5.32 Å². The summed E-state index contributed by atoms with van der Waals surface area (Å²) in [6.07, 6.45) is 0. The first-order chi connectivity index (χ1) is 8.69. The van der Waals surface area contributed by atoms with Crippen molar-refractivity contribution in [3.63, 3.8) is 0 Å². The first-order valence-electron chi connectivity index (χ1n) is 5.87. The number of benzene rings is 2. The van der Waals surface area contributed by atoms with Crippen molar-refractivity contribution in [3.8, 4) is 0 Å². The fourth-order valence-corrected chi connectivity index (χ4v) is 2.17. The maximum atomic E-state index is 4.24. The minimum atomic E-state index is 0. The van der Waals surface area contributed by atoms with Crippen LogP contribution in [0.1, 0.15) is 16.7 Å². The predicted octanol–water partition coefficient (Wildman–Crippen LogP) is 3.95. The van der Waals surface area contributed by atoms with Crippen LogP contribution in [-0.2, 0) is 0 Å². The summed E-state index contributed by atoms with van der Waals surface area (Å²) in [5.41, 5.74) is 4.63. The molecule has 0 bridgehead atoms. The summed E-state index contributed by atoms with van der Waals surface area (Å²) in [5.74, 6) is 0.852. The maximum Gasteiger partial charge on any atom is 0.135 e. The Labute approximate surface area is 189 Å². The van der Waals surface area contributed by atoms with Gasteiger partial charge in [0.05, 0.1) is 0 Å². The fourth-order valence-electron chi connectivity index (χ4n) is 1.96. The Morgan fingerprint density at radius 3 is 2.00 bits per heavy atom. The first-order valence-corrected chi connectivity index (χ1v) is 6.39. The summed E-state index contributed by atoms with van der Waals surface area (Å²) >= 11 is 0. The topological polar surface area (TPSA) is 24.4 Å². The van der Waals surface area contributed by atoms with Crippen LogP contribution in [0.4, 0.5) is 5.69 Å². The Kier molecular flexibility index (Phi) is 11.3. The quantitative estimate of drug-likeness (QED) is 0.350. The first kappa shape index (κ1) is 21.1. The van der Waals surface area contributed by atoms with Gasteiger partial charge in [-0.3, -0.25) is 4.76 Å². The third-order valence-corrected chi connectivity index (χ3v) is 2.92. The van der Waals surface area contributed by atoms with Crippen molar-refractivity contribution >= 4 is 20.9 Å². The SMILES string of the molecule is Cc1cc(C)cc(N/C(=N\P)c2ccccc2)c1.[Pr].[Pr]. The molecule has 20 heavy (non-hydrogen) atoms. The predicted molar refractivity (Wildman–Crippen MR) is 82.2 cm³/mol. The molecule has 0 aliphatic rings. The van der Waals surface area contributed by atoms with E-state index in [2.05, 4.69) is 51.5 Å². The van der Waals surface area contributed by atoms with Gasteiger partial charge in [-0.2, -0.15) is 0 Å². The molecule has 0 amide bonds. The van der Waals surface area contributed by atoms with Crippen LogP contribution in [0.25, 0.3) is 0 Å². The van der Waals surface area contributed by atoms with Gasteiger partial charge in [0.15, 0.2) is 0 Å². The van der Waals surface area contributed by atoms with E-state index in [0.717, 1.165) is 17.1 Å². The summed E-state index contributed by atoms with van der Waals surface area (Å²) in [6.45, 7) is 4.19. The van der Waals surface area contributed by atoms with Gasteiger partial charge >= 0.3 is 0 Å². The second-order valence-electron chi connectivity index (χ2n) is 4.35. The molecule has 98 valence electrons. The second-order valence-corrected chi connectivity index (χ2v) is 4.60. The summed E-state index contributed by atoms with van der Waals surface area (Å²) in [6, 6.07) is 16.5. The van der Waals surface area contributed by atoms with E-state index in [9.17, 15) is 0 Å². The third-order valence-electron chi connectivity index (χ3n) is 2.66. The van der Waals surface area contributed by atoms with Crippen molar-refractivity contribution in [2.75, 3.05) is 5.32 Å². The van der Waals surface area contributed by atoms with Crippen molar-refractivity contribution in [3.05, 3.63) is 65.2 Å². The largest absolute Gasteiger partial charge is 0.340 e. The van der Waals surface area contributed by atoms with E-state index in [1.54, 1.807) is 0 Å². The van der Waals surface area contributed by atoms with Crippen LogP contribution in [0, 0.1) is 96.4 Å². The molecule has 2 aromatic carbocycles. The summed E-state index contributed by atoms with van der Waals surface area (Å²) in [4.78, 5) is 0. The normalized spacial score (nSPS) is 10.2. The number of hydrogen-bond acceptors (Lipinski definition) is 1. The molecule has 1 atom stereocenters. The zero-order chi connectivity index (χ0) is 13.0. The van der Waals surface area contributed by atoms with Gasteiger partial charge in [0, 0.05) is 93.8 Å². The number of nitrogens with one attached hydrogen (secondary N) is 1. The molecule has 1 N–H and O–H groups in total. The van der Waals surface area contributed by atoms with E-state index in [1.165, 1.54) is 11.1 Å². The molecule has 0 aliphatic heterocycles. The Morgan fingerprint density at radius 2 is 1.50 bits per heavy atom. The molecular formula is C15H17N2PPr2. The molecule has 0 aliphatic carbocycles. The average molecular weight is 538 g/mol. The van der Waals surface area contributed by atoms with Crippen LogP contribution in [0.3, 0.4) is 0 Å². The van der Waals surface area contributed by atoms with Gasteiger partial charge in [-0.05, 0) is 46.5 Å². The van der Waals surface area contributed by atoms with E-state index >= 15 is 0 Å². The molecule has 0 spiro atoms.